The minimum Gasteiger partial charge on any atom is -0.310 e. The van der Waals surface area contributed by atoms with Gasteiger partial charge in [0, 0.05) is 17.1 Å². The molecular weight excluding hydrogens is 1080 g/mol. The first-order chi connectivity index (χ1) is 44.5. The molecule has 0 fully saturated rings. The zero-order valence-electron chi connectivity index (χ0n) is 50.0. The molecule has 0 unspecified atom stereocenters. The molecule has 5 aliphatic rings. The van der Waals surface area contributed by atoms with E-state index in [9.17, 15) is 0 Å². The molecule has 1 heteroatoms. The van der Waals surface area contributed by atoms with Gasteiger partial charge in [-0.05, 0) is 212 Å². The zero-order valence-corrected chi connectivity index (χ0v) is 50.0. The van der Waals surface area contributed by atoms with Gasteiger partial charge in [0.25, 0.3) is 0 Å². The van der Waals surface area contributed by atoms with Crippen LogP contribution in [0.15, 0.2) is 322 Å². The second-order valence-electron chi connectivity index (χ2n) is 25.4. The molecule has 14 aromatic rings. The van der Waals surface area contributed by atoms with Crippen molar-refractivity contribution >= 4 is 17.1 Å². The maximum absolute atomic E-state index is 2.54. The third kappa shape index (κ3) is 6.60. The number of fused-ring (bicyclic) bond motifs is 23. The Bertz CT molecular complexity index is 4950. The van der Waals surface area contributed by atoms with Crippen LogP contribution in [0.1, 0.15) is 77.9 Å². The summed E-state index contributed by atoms with van der Waals surface area (Å²) in [5, 5.41) is 0. The Kier molecular flexibility index (Phi) is 10.7. The minimum atomic E-state index is -0.495. The summed E-state index contributed by atoms with van der Waals surface area (Å²) in [6, 6.07) is 122. The largest absolute Gasteiger partial charge is 0.310 e. The van der Waals surface area contributed by atoms with E-state index in [4.69, 9.17) is 0 Å². The highest BCUT2D eigenvalue weighted by Gasteiger charge is 2.54. The molecular formula is C89H59N. The van der Waals surface area contributed by atoms with Gasteiger partial charge in [0.2, 0.25) is 0 Å². The van der Waals surface area contributed by atoms with Gasteiger partial charge in [0.15, 0.2) is 0 Å². The van der Waals surface area contributed by atoms with E-state index in [1.54, 1.807) is 0 Å². The van der Waals surface area contributed by atoms with Crippen molar-refractivity contribution in [3.63, 3.8) is 0 Å². The molecule has 0 aliphatic heterocycles. The van der Waals surface area contributed by atoms with Crippen LogP contribution in [0.2, 0.25) is 0 Å². The molecule has 0 radical (unpaired) electrons. The molecule has 0 N–H and O–H groups in total. The highest BCUT2D eigenvalue weighted by Crippen LogP contribution is 2.66. The Labute approximate surface area is 526 Å². The lowest BCUT2D eigenvalue weighted by molar-refractivity contribution is 0.769. The topological polar surface area (TPSA) is 3.24 Å². The molecule has 0 saturated heterocycles. The molecule has 90 heavy (non-hydrogen) atoms. The van der Waals surface area contributed by atoms with Crippen molar-refractivity contribution in [1.29, 1.82) is 0 Å². The summed E-state index contributed by atoms with van der Waals surface area (Å²) in [5.41, 5.74) is 38.1. The lowest BCUT2D eigenvalue weighted by atomic mass is 9.67. The van der Waals surface area contributed by atoms with E-state index in [-0.39, 0.29) is 0 Å². The van der Waals surface area contributed by atoms with Crippen molar-refractivity contribution in [2.24, 2.45) is 0 Å². The van der Waals surface area contributed by atoms with Gasteiger partial charge in [-0.3, -0.25) is 0 Å². The monoisotopic (exact) mass is 1140 g/mol. The van der Waals surface area contributed by atoms with Gasteiger partial charge in [-0.15, -0.1) is 0 Å². The highest BCUT2D eigenvalue weighted by atomic mass is 15.1. The summed E-state index contributed by atoms with van der Waals surface area (Å²) >= 11 is 0. The summed E-state index contributed by atoms with van der Waals surface area (Å²) in [6.45, 7) is 4.59. The second kappa shape index (κ2) is 18.9. The number of hydrogen-bond acceptors (Lipinski definition) is 1. The highest BCUT2D eigenvalue weighted by molar-refractivity contribution is 5.99. The normalized spacial score (nSPS) is 14.4. The number of aryl methyl sites for hydroxylation is 2. The SMILES string of the molecule is Cc1cc(-c2ccc(N(c3ccc4c(c3)C3(c5ccccc5-c5ccccc53)c3ccccc3-4)c3ccc4c(c3)C3(c5ccccc5-c5ccccc53)c3ccccc3-4)cc2)cc(C)c1-c1ccc2c(c1)C(c1ccccc1)(c1ccccc1)c1ccccc1-2. The average molecular weight is 1140 g/mol. The standard InChI is InChI=1S/C89H59N/c1-56-51-60(52-57(2)86(56)59-43-48-73-70-31-9-16-34-76(70)87(83(73)53-59,61-23-5-3-6-24-61)62-25-7-4-8-26-62)58-41-44-63(45-42-58)90(64-46-49-74-71-32-14-21-39-81(71)88(84(74)54-64)77-35-17-10-27-66(77)67-28-11-18-36-78(67)88)65-47-50-75-72-33-15-22-40-82(72)89(85(75)55-65)79-37-19-12-29-68(79)69-30-13-20-38-80(69)89/h3-55H,1-2H3. The molecule has 0 atom stereocenters. The molecule has 14 aromatic carbocycles. The Morgan fingerprint density at radius 3 is 0.844 bits per heavy atom. The van der Waals surface area contributed by atoms with E-state index in [0.717, 1.165) is 17.1 Å². The van der Waals surface area contributed by atoms with E-state index in [1.165, 1.54) is 156 Å². The number of hydrogen-bond donors (Lipinski definition) is 0. The molecule has 0 saturated carbocycles. The molecule has 0 heterocycles. The Morgan fingerprint density at radius 1 is 0.200 bits per heavy atom. The number of benzene rings is 14. The predicted molar refractivity (Wildman–Crippen MR) is 371 cm³/mol. The molecule has 420 valence electrons. The van der Waals surface area contributed by atoms with Crippen LogP contribution in [0.4, 0.5) is 17.1 Å². The lowest BCUT2D eigenvalue weighted by Gasteiger charge is -2.34. The zero-order chi connectivity index (χ0) is 59.5. The summed E-state index contributed by atoms with van der Waals surface area (Å²) in [5.74, 6) is 0. The van der Waals surface area contributed by atoms with Crippen LogP contribution >= 0.6 is 0 Å². The molecule has 0 bridgehead atoms. The first kappa shape index (κ1) is 51.0. The van der Waals surface area contributed by atoms with Crippen molar-refractivity contribution in [2.75, 3.05) is 4.90 Å². The Balaban J connectivity index is 0.776. The summed E-state index contributed by atoms with van der Waals surface area (Å²) in [4.78, 5) is 2.54. The van der Waals surface area contributed by atoms with Gasteiger partial charge in [0.05, 0.1) is 16.2 Å². The maximum Gasteiger partial charge on any atom is 0.0726 e. The van der Waals surface area contributed by atoms with Gasteiger partial charge in [-0.2, -0.15) is 0 Å². The van der Waals surface area contributed by atoms with Crippen molar-refractivity contribution < 1.29 is 0 Å². The predicted octanol–water partition coefficient (Wildman–Crippen LogP) is 22.2. The van der Waals surface area contributed by atoms with Crippen LogP contribution in [-0.2, 0) is 16.2 Å². The first-order valence-corrected chi connectivity index (χ1v) is 31.7. The molecule has 0 amide bonds. The van der Waals surface area contributed by atoms with Crippen molar-refractivity contribution in [1.82, 2.24) is 0 Å². The quantitative estimate of drug-likeness (QED) is 0.154. The summed E-state index contributed by atoms with van der Waals surface area (Å²) in [6.07, 6.45) is 0. The lowest BCUT2D eigenvalue weighted by Crippen LogP contribution is -2.28. The van der Waals surface area contributed by atoms with E-state index < -0.39 is 16.2 Å². The van der Waals surface area contributed by atoms with Crippen LogP contribution in [0, 0.1) is 13.8 Å². The summed E-state index contributed by atoms with van der Waals surface area (Å²) in [7, 11) is 0. The molecule has 19 rings (SSSR count). The van der Waals surface area contributed by atoms with Crippen LogP contribution in [0.25, 0.3) is 77.9 Å². The van der Waals surface area contributed by atoms with Gasteiger partial charge in [-0.25, -0.2) is 0 Å². The third-order valence-electron chi connectivity index (χ3n) is 21.2. The minimum absolute atomic E-state index is 0.471. The fourth-order valence-electron chi connectivity index (χ4n) is 17.9. The van der Waals surface area contributed by atoms with Crippen molar-refractivity contribution in [3.05, 3.63) is 399 Å². The van der Waals surface area contributed by atoms with Gasteiger partial charge < -0.3 is 4.90 Å². The van der Waals surface area contributed by atoms with Crippen molar-refractivity contribution in [3.8, 4) is 77.9 Å². The van der Waals surface area contributed by atoms with E-state index in [1.807, 2.05) is 0 Å². The fraction of sp³-hybridized carbons (Fsp3) is 0.0562. The molecule has 0 aromatic heterocycles. The van der Waals surface area contributed by atoms with Crippen LogP contribution in [0.3, 0.4) is 0 Å². The van der Waals surface area contributed by atoms with Crippen LogP contribution in [-0.4, -0.2) is 0 Å². The van der Waals surface area contributed by atoms with Gasteiger partial charge in [0.1, 0.15) is 0 Å². The van der Waals surface area contributed by atoms with Crippen LogP contribution in [0.5, 0.6) is 0 Å². The van der Waals surface area contributed by atoms with Gasteiger partial charge >= 0.3 is 0 Å². The molecule has 2 spiro atoms. The second-order valence-corrected chi connectivity index (χ2v) is 25.4. The van der Waals surface area contributed by atoms with Gasteiger partial charge in [-0.1, -0.05) is 279 Å². The Morgan fingerprint density at radius 2 is 0.478 bits per heavy atom. The smallest absolute Gasteiger partial charge is 0.0726 e. The number of anilines is 3. The number of nitrogens with zero attached hydrogens (tertiary/aromatic N) is 1. The maximum atomic E-state index is 2.54. The molecule has 1 nitrogen and oxygen atoms in total. The third-order valence-corrected chi connectivity index (χ3v) is 21.2. The van der Waals surface area contributed by atoms with E-state index >= 15 is 0 Å². The summed E-state index contributed by atoms with van der Waals surface area (Å²) < 4.78 is 0. The van der Waals surface area contributed by atoms with Crippen molar-refractivity contribution in [2.45, 2.75) is 30.1 Å². The average Bonchev–Trinajstić information content (AvgIpc) is 1.54. The van der Waals surface area contributed by atoms with Crippen LogP contribution < -0.4 is 4.90 Å². The fourth-order valence-corrected chi connectivity index (χ4v) is 17.9. The van der Waals surface area contributed by atoms with E-state index in [0.29, 0.717) is 0 Å². The van der Waals surface area contributed by atoms with E-state index in [2.05, 4.69) is 340 Å². The Hall–Kier alpha value is -11.1. The molecule has 5 aliphatic carbocycles. The first-order valence-electron chi connectivity index (χ1n) is 31.7. The number of rotatable bonds is 7.